The lowest BCUT2D eigenvalue weighted by Crippen LogP contribution is -2.52. The highest BCUT2D eigenvalue weighted by molar-refractivity contribution is 6.31. The Morgan fingerprint density at radius 3 is 2.43 bits per heavy atom. The molecule has 1 aliphatic heterocycles. The zero-order valence-electron chi connectivity index (χ0n) is 33.2. The predicted molar refractivity (Wildman–Crippen MR) is 220 cm³/mol. The van der Waals surface area contributed by atoms with E-state index in [0.29, 0.717) is 58.3 Å². The Morgan fingerprint density at radius 1 is 0.966 bits per heavy atom. The fourth-order valence-corrected chi connectivity index (χ4v) is 7.70. The summed E-state index contributed by atoms with van der Waals surface area (Å²) in [6, 6.07) is 16.1. The van der Waals surface area contributed by atoms with Gasteiger partial charge in [-0.25, -0.2) is 4.79 Å². The van der Waals surface area contributed by atoms with E-state index in [1.165, 1.54) is 11.1 Å². The number of urea groups is 1. The first-order valence-corrected chi connectivity index (χ1v) is 20.9. The number of halogens is 1. The SMILES string of the molecule is CC(CCCC(=O)N1CCN(CCNC(=O)NC[C@H](O)[C@@H](O)[C@H](O)[C@H](O)CO)CC1)c1ccc(Cl)c(CNC2(c3cnccc3-c3ccccc3OC3CC3)CC2)c1. The average Bonchev–Trinajstić information content (AvgIpc) is 4.20. The van der Waals surface area contributed by atoms with Crippen LogP contribution in [0, 0.1) is 0 Å². The summed E-state index contributed by atoms with van der Waals surface area (Å²) in [5, 5.41) is 57.5. The molecule has 316 valence electrons. The van der Waals surface area contributed by atoms with Crippen molar-refractivity contribution in [3.8, 4) is 16.9 Å². The number of para-hydroxylation sites is 1. The summed E-state index contributed by atoms with van der Waals surface area (Å²) >= 11 is 6.76. The van der Waals surface area contributed by atoms with Crippen molar-refractivity contribution in [3.63, 3.8) is 0 Å². The van der Waals surface area contributed by atoms with Gasteiger partial charge in [0.05, 0.1) is 18.8 Å². The van der Waals surface area contributed by atoms with Gasteiger partial charge >= 0.3 is 6.03 Å². The number of aliphatic hydroxyl groups excluding tert-OH is 5. The van der Waals surface area contributed by atoms with Gasteiger partial charge in [-0.15, -0.1) is 0 Å². The number of hydrogen-bond acceptors (Lipinski definition) is 11. The third kappa shape index (κ3) is 11.7. The minimum Gasteiger partial charge on any atom is -0.490 e. The van der Waals surface area contributed by atoms with Gasteiger partial charge < -0.3 is 51.1 Å². The van der Waals surface area contributed by atoms with Crippen molar-refractivity contribution in [2.45, 2.75) is 100 Å². The van der Waals surface area contributed by atoms with Crippen molar-refractivity contribution in [1.82, 2.24) is 30.7 Å². The van der Waals surface area contributed by atoms with Crippen LogP contribution in [0.2, 0.25) is 5.02 Å². The first-order chi connectivity index (χ1) is 28.0. The van der Waals surface area contributed by atoms with Crippen molar-refractivity contribution in [1.29, 1.82) is 0 Å². The number of hydrogen-bond donors (Lipinski definition) is 8. The molecule has 15 heteroatoms. The van der Waals surface area contributed by atoms with Gasteiger partial charge in [0, 0.05) is 87.3 Å². The molecule has 2 heterocycles. The van der Waals surface area contributed by atoms with Crippen LogP contribution < -0.4 is 20.7 Å². The van der Waals surface area contributed by atoms with Crippen LogP contribution in [0.15, 0.2) is 60.9 Å². The fourth-order valence-electron chi connectivity index (χ4n) is 7.51. The molecule has 8 N–H and O–H groups in total. The van der Waals surface area contributed by atoms with Crippen molar-refractivity contribution in [3.05, 3.63) is 82.6 Å². The van der Waals surface area contributed by atoms with Gasteiger partial charge in [0.25, 0.3) is 0 Å². The van der Waals surface area contributed by atoms with Gasteiger partial charge in [-0.05, 0) is 84.9 Å². The summed E-state index contributed by atoms with van der Waals surface area (Å²) < 4.78 is 6.28. The number of aliphatic hydroxyl groups is 5. The molecule has 2 saturated carbocycles. The third-order valence-corrected chi connectivity index (χ3v) is 12.0. The van der Waals surface area contributed by atoms with E-state index in [4.69, 9.17) is 21.4 Å². The second-order valence-corrected chi connectivity index (χ2v) is 16.4. The molecule has 3 aromatic rings. The van der Waals surface area contributed by atoms with Crippen LogP contribution in [0.3, 0.4) is 0 Å². The lowest BCUT2D eigenvalue weighted by Gasteiger charge is -2.34. The predicted octanol–water partition coefficient (Wildman–Crippen LogP) is 2.88. The highest BCUT2D eigenvalue weighted by Gasteiger charge is 2.46. The lowest BCUT2D eigenvalue weighted by molar-refractivity contribution is -0.133. The summed E-state index contributed by atoms with van der Waals surface area (Å²) in [6.45, 7) is 5.20. The van der Waals surface area contributed by atoms with Crippen LogP contribution in [-0.2, 0) is 16.9 Å². The molecule has 1 aromatic heterocycles. The Hall–Kier alpha value is -3.86. The van der Waals surface area contributed by atoms with E-state index in [-0.39, 0.29) is 23.9 Å². The normalized spacial score (nSPS) is 19.1. The van der Waals surface area contributed by atoms with Gasteiger partial charge in [-0.3, -0.25) is 14.7 Å². The molecule has 0 spiro atoms. The van der Waals surface area contributed by atoms with E-state index in [1.54, 1.807) is 0 Å². The quantitative estimate of drug-likeness (QED) is 0.0787. The zero-order chi connectivity index (χ0) is 41.2. The Labute approximate surface area is 345 Å². The van der Waals surface area contributed by atoms with E-state index in [9.17, 15) is 30.0 Å². The molecular formula is C43H59ClN6O8. The number of aromatic nitrogens is 1. The summed E-state index contributed by atoms with van der Waals surface area (Å²) in [5.74, 6) is 1.33. The summed E-state index contributed by atoms with van der Waals surface area (Å²) in [7, 11) is 0. The number of ether oxygens (including phenoxy) is 1. The van der Waals surface area contributed by atoms with Gasteiger partial charge in [-0.1, -0.05) is 48.9 Å². The number of amides is 3. The molecule has 1 saturated heterocycles. The number of carbonyl (C=O) groups excluding carboxylic acids is 2. The Kier molecular flexibility index (Phi) is 15.4. The molecule has 2 aromatic carbocycles. The fraction of sp³-hybridized carbons (Fsp3) is 0.558. The van der Waals surface area contributed by atoms with Crippen molar-refractivity contribution in [2.24, 2.45) is 0 Å². The van der Waals surface area contributed by atoms with E-state index < -0.39 is 37.1 Å². The topological polar surface area (TPSA) is 200 Å². The number of nitrogens with zero attached hydrogens (tertiary/aromatic N) is 3. The molecule has 2 aliphatic carbocycles. The van der Waals surface area contributed by atoms with Crippen LogP contribution in [0.5, 0.6) is 5.75 Å². The number of benzene rings is 2. The molecular weight excluding hydrogens is 764 g/mol. The van der Waals surface area contributed by atoms with Gasteiger partial charge in [-0.2, -0.15) is 0 Å². The molecule has 3 aliphatic rings. The minimum absolute atomic E-state index is 0.147. The molecule has 6 rings (SSSR count). The second kappa shape index (κ2) is 20.4. The summed E-state index contributed by atoms with van der Waals surface area (Å²) in [5.41, 5.74) is 5.50. The first kappa shape index (κ1) is 43.7. The van der Waals surface area contributed by atoms with E-state index in [0.717, 1.165) is 66.0 Å². The maximum Gasteiger partial charge on any atom is 0.314 e. The number of carbonyl (C=O) groups is 2. The van der Waals surface area contributed by atoms with Gasteiger partial charge in [0.2, 0.25) is 5.91 Å². The molecule has 3 amide bonds. The largest absolute Gasteiger partial charge is 0.490 e. The van der Waals surface area contributed by atoms with Gasteiger partial charge in [0.15, 0.2) is 0 Å². The van der Waals surface area contributed by atoms with E-state index in [1.807, 2.05) is 29.4 Å². The molecule has 1 unspecified atom stereocenters. The lowest BCUT2D eigenvalue weighted by atomic mass is 9.93. The third-order valence-electron chi connectivity index (χ3n) is 11.6. The van der Waals surface area contributed by atoms with E-state index >= 15 is 0 Å². The second-order valence-electron chi connectivity index (χ2n) is 16.0. The highest BCUT2D eigenvalue weighted by Crippen LogP contribution is 2.50. The van der Waals surface area contributed by atoms with Crippen molar-refractivity contribution < 1.29 is 39.9 Å². The monoisotopic (exact) mass is 822 g/mol. The summed E-state index contributed by atoms with van der Waals surface area (Å²) in [6.07, 6.45) is 3.87. The van der Waals surface area contributed by atoms with Crippen molar-refractivity contribution >= 4 is 23.5 Å². The molecule has 0 bridgehead atoms. The number of piperazine rings is 1. The molecule has 14 nitrogen and oxygen atoms in total. The molecule has 3 fully saturated rings. The maximum atomic E-state index is 13.1. The number of nitrogens with one attached hydrogen (secondary N) is 3. The maximum absolute atomic E-state index is 13.1. The Balaban J connectivity index is 0.903. The van der Waals surface area contributed by atoms with Crippen molar-refractivity contribution in [2.75, 3.05) is 52.4 Å². The summed E-state index contributed by atoms with van der Waals surface area (Å²) in [4.78, 5) is 33.8. The molecule has 5 atom stereocenters. The van der Waals surface area contributed by atoms with Crippen LogP contribution in [0.4, 0.5) is 4.79 Å². The average molecular weight is 823 g/mol. The highest BCUT2D eigenvalue weighted by atomic mass is 35.5. The minimum atomic E-state index is -1.76. The van der Waals surface area contributed by atoms with E-state index in [2.05, 4.69) is 69.2 Å². The number of rotatable bonds is 21. The Bertz CT molecular complexity index is 1820. The Morgan fingerprint density at radius 2 is 1.71 bits per heavy atom. The zero-order valence-corrected chi connectivity index (χ0v) is 34.0. The van der Waals surface area contributed by atoms with Crippen LogP contribution in [0.25, 0.3) is 11.1 Å². The number of pyridine rings is 1. The molecule has 0 radical (unpaired) electrons. The van der Waals surface area contributed by atoms with Gasteiger partial charge in [0.1, 0.15) is 24.1 Å². The smallest absolute Gasteiger partial charge is 0.314 e. The van der Waals surface area contributed by atoms with Crippen LogP contribution >= 0.6 is 11.6 Å². The molecule has 58 heavy (non-hydrogen) atoms. The first-order valence-electron chi connectivity index (χ1n) is 20.6. The van der Waals surface area contributed by atoms with Crippen LogP contribution in [-0.4, -0.2) is 135 Å². The standard InChI is InChI=1S/C43H59ClN6O8/c1-28(5-4-8-39(54)50-21-19-49(20-22-50)18-17-46-42(57)47-26-36(52)40(55)41(56)37(53)27-51)29-9-12-35(44)30(23-29)24-48-43(14-15-43)34-25-45-16-13-32(34)33-6-2-3-7-38(33)58-31-10-11-31/h2-3,6-7,9,12-13,16,23,25,28,31,36-37,40-41,48,51-53,55-56H,4-5,8,10-11,14-15,17-22,24,26-27H2,1H3,(H2,46,47,57)/t28?,36-,37+,40+,41+/m0/s1. The van der Waals surface area contributed by atoms with Crippen LogP contribution in [0.1, 0.15) is 74.5 Å².